The molecular weight excluding hydrogens is 396 g/mol. The number of ether oxygens (including phenoxy) is 2. The summed E-state index contributed by atoms with van der Waals surface area (Å²) >= 11 is 0. The quantitative estimate of drug-likeness (QED) is 0.575. The summed E-state index contributed by atoms with van der Waals surface area (Å²) in [5, 5.41) is 8.07. The maximum Gasteiger partial charge on any atom is 0.387 e. The van der Waals surface area contributed by atoms with Gasteiger partial charge < -0.3 is 25.4 Å². The molecule has 0 heterocycles. The highest BCUT2D eigenvalue weighted by molar-refractivity contribution is 5.93. The van der Waals surface area contributed by atoms with Crippen LogP contribution in [-0.2, 0) is 11.3 Å². The van der Waals surface area contributed by atoms with Crippen molar-refractivity contribution in [2.45, 2.75) is 33.0 Å². The molecule has 0 aliphatic rings. The number of anilines is 1. The number of carbonyl (C=O) groups excluding carboxylic acids is 2. The van der Waals surface area contributed by atoms with Gasteiger partial charge in [-0.25, -0.2) is 4.79 Å². The van der Waals surface area contributed by atoms with Crippen LogP contribution in [0.4, 0.5) is 19.3 Å². The van der Waals surface area contributed by atoms with E-state index in [0.717, 1.165) is 0 Å². The fraction of sp³-hybridized carbons (Fsp3) is 0.333. The number of halogens is 2. The molecule has 0 bridgehead atoms. The van der Waals surface area contributed by atoms with Crippen molar-refractivity contribution < 1.29 is 27.8 Å². The summed E-state index contributed by atoms with van der Waals surface area (Å²) in [5.41, 5.74) is 1.23. The highest BCUT2D eigenvalue weighted by atomic mass is 19.3. The minimum Gasteiger partial charge on any atom is -0.493 e. The molecule has 1 atom stereocenters. The molecule has 7 nitrogen and oxygen atoms in total. The normalized spacial score (nSPS) is 11.7. The monoisotopic (exact) mass is 421 g/mol. The SMILES string of the molecule is COc1cc(CNC(=O)[C@H](NC(=O)Nc2ccccc2)C(C)C)ccc1OC(F)F. The zero-order chi connectivity index (χ0) is 22.1. The minimum absolute atomic E-state index is 0.0955. The number of amides is 3. The third-order valence-electron chi connectivity index (χ3n) is 4.18. The molecule has 0 aliphatic heterocycles. The van der Waals surface area contributed by atoms with E-state index < -0.39 is 18.7 Å². The van der Waals surface area contributed by atoms with Gasteiger partial charge in [0.1, 0.15) is 6.04 Å². The summed E-state index contributed by atoms with van der Waals surface area (Å²) < 4.78 is 34.3. The molecule has 2 aromatic carbocycles. The van der Waals surface area contributed by atoms with Gasteiger partial charge >= 0.3 is 12.6 Å². The van der Waals surface area contributed by atoms with Crippen LogP contribution in [0.15, 0.2) is 48.5 Å². The van der Waals surface area contributed by atoms with Crippen molar-refractivity contribution in [1.29, 1.82) is 0 Å². The van der Waals surface area contributed by atoms with Crippen molar-refractivity contribution in [3.8, 4) is 11.5 Å². The van der Waals surface area contributed by atoms with E-state index >= 15 is 0 Å². The number of nitrogens with one attached hydrogen (secondary N) is 3. The number of rotatable bonds is 9. The number of hydrogen-bond donors (Lipinski definition) is 3. The smallest absolute Gasteiger partial charge is 0.387 e. The van der Waals surface area contributed by atoms with Crippen molar-refractivity contribution in [3.05, 3.63) is 54.1 Å². The van der Waals surface area contributed by atoms with Crippen LogP contribution in [0.1, 0.15) is 19.4 Å². The number of benzene rings is 2. The van der Waals surface area contributed by atoms with Gasteiger partial charge in [0.25, 0.3) is 0 Å². The topological polar surface area (TPSA) is 88.7 Å². The second kappa shape index (κ2) is 11.0. The van der Waals surface area contributed by atoms with Gasteiger partial charge in [-0.2, -0.15) is 8.78 Å². The van der Waals surface area contributed by atoms with E-state index in [1.165, 1.54) is 19.2 Å². The molecule has 0 saturated heterocycles. The lowest BCUT2D eigenvalue weighted by Gasteiger charge is -2.22. The average Bonchev–Trinajstić information content (AvgIpc) is 2.71. The molecule has 0 radical (unpaired) electrons. The largest absolute Gasteiger partial charge is 0.493 e. The molecular formula is C21H25F2N3O4. The van der Waals surface area contributed by atoms with Gasteiger partial charge in [0.05, 0.1) is 7.11 Å². The molecule has 0 fully saturated rings. The standard InChI is InChI=1S/C21H25F2N3O4/c1-13(2)18(26-21(28)25-15-7-5-4-6-8-15)19(27)24-12-14-9-10-16(30-20(22)23)17(11-14)29-3/h4-11,13,18,20H,12H2,1-3H3,(H,24,27)(H2,25,26,28)/t18-/m1/s1. The Morgan fingerprint density at radius 1 is 1.03 bits per heavy atom. The lowest BCUT2D eigenvalue weighted by Crippen LogP contribution is -2.50. The fourth-order valence-corrected chi connectivity index (χ4v) is 2.68. The Morgan fingerprint density at radius 3 is 2.33 bits per heavy atom. The summed E-state index contributed by atoms with van der Waals surface area (Å²) in [6.07, 6.45) is 0. The van der Waals surface area contributed by atoms with Crippen LogP contribution >= 0.6 is 0 Å². The second-order valence-corrected chi connectivity index (χ2v) is 6.77. The van der Waals surface area contributed by atoms with Crippen LogP contribution in [0.2, 0.25) is 0 Å². The molecule has 0 aromatic heterocycles. The van der Waals surface area contributed by atoms with Crippen molar-refractivity contribution in [3.63, 3.8) is 0 Å². The predicted molar refractivity (Wildman–Crippen MR) is 109 cm³/mol. The van der Waals surface area contributed by atoms with E-state index in [9.17, 15) is 18.4 Å². The van der Waals surface area contributed by atoms with Gasteiger partial charge in [0.2, 0.25) is 5.91 Å². The van der Waals surface area contributed by atoms with Crippen LogP contribution in [-0.4, -0.2) is 31.7 Å². The van der Waals surface area contributed by atoms with E-state index in [-0.39, 0.29) is 29.9 Å². The molecule has 0 saturated carbocycles. The van der Waals surface area contributed by atoms with Crippen molar-refractivity contribution in [2.24, 2.45) is 5.92 Å². The average molecular weight is 421 g/mol. The Balaban J connectivity index is 1.97. The lowest BCUT2D eigenvalue weighted by atomic mass is 10.0. The Bertz CT molecular complexity index is 847. The molecule has 0 spiro atoms. The third kappa shape index (κ3) is 6.91. The predicted octanol–water partition coefficient (Wildman–Crippen LogP) is 3.76. The summed E-state index contributed by atoms with van der Waals surface area (Å²) in [6.45, 7) is 0.776. The molecule has 2 rings (SSSR count). The second-order valence-electron chi connectivity index (χ2n) is 6.77. The first kappa shape index (κ1) is 22.9. The van der Waals surface area contributed by atoms with Crippen LogP contribution < -0.4 is 25.4 Å². The van der Waals surface area contributed by atoms with Gasteiger partial charge in [-0.3, -0.25) is 4.79 Å². The zero-order valence-electron chi connectivity index (χ0n) is 16.9. The van der Waals surface area contributed by atoms with Gasteiger partial charge in [-0.15, -0.1) is 0 Å². The molecule has 162 valence electrons. The van der Waals surface area contributed by atoms with E-state index in [4.69, 9.17) is 4.74 Å². The highest BCUT2D eigenvalue weighted by Gasteiger charge is 2.24. The summed E-state index contributed by atoms with van der Waals surface area (Å²) in [6, 6.07) is 12.0. The van der Waals surface area contributed by atoms with Crippen molar-refractivity contribution in [1.82, 2.24) is 10.6 Å². The molecule has 3 amide bonds. The maximum absolute atomic E-state index is 12.6. The lowest BCUT2D eigenvalue weighted by molar-refractivity contribution is -0.124. The first-order chi connectivity index (χ1) is 14.3. The van der Waals surface area contributed by atoms with E-state index in [2.05, 4.69) is 20.7 Å². The third-order valence-corrected chi connectivity index (χ3v) is 4.18. The maximum atomic E-state index is 12.6. The minimum atomic E-state index is -2.97. The van der Waals surface area contributed by atoms with Gasteiger partial charge in [-0.05, 0) is 35.7 Å². The van der Waals surface area contributed by atoms with Gasteiger partial charge in [0, 0.05) is 12.2 Å². The van der Waals surface area contributed by atoms with Crippen LogP contribution in [0.25, 0.3) is 0 Å². The first-order valence-corrected chi connectivity index (χ1v) is 9.32. The fourth-order valence-electron chi connectivity index (χ4n) is 2.68. The number of alkyl halides is 2. The molecule has 0 aliphatic carbocycles. The summed E-state index contributed by atoms with van der Waals surface area (Å²) in [7, 11) is 1.33. The van der Waals surface area contributed by atoms with E-state index in [1.54, 1.807) is 30.3 Å². The van der Waals surface area contributed by atoms with E-state index in [0.29, 0.717) is 11.3 Å². The number of para-hydroxylation sites is 1. The Hall–Kier alpha value is -3.36. The van der Waals surface area contributed by atoms with Crippen LogP contribution in [0.5, 0.6) is 11.5 Å². The summed E-state index contributed by atoms with van der Waals surface area (Å²) in [5.74, 6) is -0.507. The number of methoxy groups -OCH3 is 1. The van der Waals surface area contributed by atoms with E-state index in [1.807, 2.05) is 19.9 Å². The van der Waals surface area contributed by atoms with Crippen LogP contribution in [0.3, 0.4) is 0 Å². The molecule has 30 heavy (non-hydrogen) atoms. The Morgan fingerprint density at radius 2 is 1.73 bits per heavy atom. The Kier molecular flexibility index (Phi) is 8.40. The number of urea groups is 1. The first-order valence-electron chi connectivity index (χ1n) is 9.32. The molecule has 9 heteroatoms. The number of carbonyl (C=O) groups is 2. The number of hydrogen-bond acceptors (Lipinski definition) is 4. The Labute approximate surface area is 173 Å². The van der Waals surface area contributed by atoms with Gasteiger partial charge in [0.15, 0.2) is 11.5 Å². The van der Waals surface area contributed by atoms with Crippen molar-refractivity contribution >= 4 is 17.6 Å². The van der Waals surface area contributed by atoms with Crippen LogP contribution in [0, 0.1) is 5.92 Å². The van der Waals surface area contributed by atoms with Crippen molar-refractivity contribution in [2.75, 3.05) is 12.4 Å². The molecule has 3 N–H and O–H groups in total. The van der Waals surface area contributed by atoms with Gasteiger partial charge in [-0.1, -0.05) is 38.1 Å². The molecule has 2 aromatic rings. The molecule has 0 unspecified atom stereocenters. The zero-order valence-corrected chi connectivity index (χ0v) is 16.9. The highest BCUT2D eigenvalue weighted by Crippen LogP contribution is 2.29. The summed E-state index contributed by atoms with van der Waals surface area (Å²) in [4.78, 5) is 24.8.